The maximum absolute atomic E-state index is 12.2. The van der Waals surface area contributed by atoms with Crippen LogP contribution in [0.4, 0.5) is 0 Å². The van der Waals surface area contributed by atoms with Crippen molar-refractivity contribution >= 4 is 17.7 Å². The fourth-order valence-corrected chi connectivity index (χ4v) is 2.97. The summed E-state index contributed by atoms with van der Waals surface area (Å²) in [5.41, 5.74) is 2.36. The molecule has 0 unspecified atom stereocenters. The lowest BCUT2D eigenvalue weighted by Gasteiger charge is -2.17. The molecule has 118 valence electrons. The van der Waals surface area contributed by atoms with Gasteiger partial charge in [-0.05, 0) is 26.3 Å². The van der Waals surface area contributed by atoms with Crippen LogP contribution in [-0.4, -0.2) is 38.4 Å². The highest BCUT2D eigenvalue weighted by Crippen LogP contribution is 2.19. The SMILES string of the molecule is Cc1ccc(CN(C)C(=O)CSc2nncn2C(C)C)cc1. The molecule has 1 aromatic carbocycles. The van der Waals surface area contributed by atoms with E-state index >= 15 is 0 Å². The summed E-state index contributed by atoms with van der Waals surface area (Å²) in [6.07, 6.45) is 1.70. The van der Waals surface area contributed by atoms with E-state index in [4.69, 9.17) is 0 Å². The van der Waals surface area contributed by atoms with E-state index in [0.29, 0.717) is 12.3 Å². The zero-order valence-electron chi connectivity index (χ0n) is 13.5. The van der Waals surface area contributed by atoms with Crippen molar-refractivity contribution in [1.29, 1.82) is 0 Å². The summed E-state index contributed by atoms with van der Waals surface area (Å²) in [5.74, 6) is 0.456. The first-order chi connectivity index (χ1) is 10.5. The zero-order valence-corrected chi connectivity index (χ0v) is 14.3. The standard InChI is InChI=1S/C16H22N4OS/c1-12(2)20-11-17-18-16(20)22-10-15(21)19(4)9-14-7-5-13(3)6-8-14/h5-8,11-12H,9-10H2,1-4H3. The molecule has 0 bridgehead atoms. The molecule has 1 heterocycles. The van der Waals surface area contributed by atoms with Gasteiger partial charge in [-0.3, -0.25) is 4.79 Å². The van der Waals surface area contributed by atoms with Crippen molar-refractivity contribution in [2.24, 2.45) is 0 Å². The summed E-state index contributed by atoms with van der Waals surface area (Å²) in [4.78, 5) is 14.0. The van der Waals surface area contributed by atoms with E-state index in [2.05, 4.69) is 55.2 Å². The Morgan fingerprint density at radius 2 is 2.00 bits per heavy atom. The van der Waals surface area contributed by atoms with Crippen molar-refractivity contribution in [2.75, 3.05) is 12.8 Å². The molecule has 2 aromatic rings. The first-order valence-electron chi connectivity index (χ1n) is 7.29. The van der Waals surface area contributed by atoms with Gasteiger partial charge in [0.2, 0.25) is 5.91 Å². The molecule has 0 aliphatic carbocycles. The third-order valence-electron chi connectivity index (χ3n) is 3.39. The van der Waals surface area contributed by atoms with Gasteiger partial charge in [0.05, 0.1) is 5.75 Å². The van der Waals surface area contributed by atoms with E-state index in [1.165, 1.54) is 17.3 Å². The predicted molar refractivity (Wildman–Crippen MR) is 88.8 cm³/mol. The summed E-state index contributed by atoms with van der Waals surface area (Å²) >= 11 is 1.43. The van der Waals surface area contributed by atoms with Gasteiger partial charge in [0.15, 0.2) is 5.16 Å². The molecule has 1 aromatic heterocycles. The normalized spacial score (nSPS) is 11.0. The number of aromatic nitrogens is 3. The Balaban J connectivity index is 1.88. The Labute approximate surface area is 135 Å². The third kappa shape index (κ3) is 4.34. The van der Waals surface area contributed by atoms with E-state index in [1.54, 1.807) is 11.2 Å². The summed E-state index contributed by atoms with van der Waals surface area (Å²) < 4.78 is 1.97. The molecule has 5 nitrogen and oxygen atoms in total. The van der Waals surface area contributed by atoms with Crippen LogP contribution >= 0.6 is 11.8 Å². The van der Waals surface area contributed by atoms with Crippen molar-refractivity contribution in [1.82, 2.24) is 19.7 Å². The number of carbonyl (C=O) groups excluding carboxylic acids is 1. The molecule has 0 N–H and O–H groups in total. The number of nitrogens with zero attached hydrogens (tertiary/aromatic N) is 4. The topological polar surface area (TPSA) is 51.0 Å². The minimum atomic E-state index is 0.0869. The second-order valence-electron chi connectivity index (χ2n) is 5.64. The third-order valence-corrected chi connectivity index (χ3v) is 4.33. The lowest BCUT2D eigenvalue weighted by Crippen LogP contribution is -2.27. The quantitative estimate of drug-likeness (QED) is 0.769. The number of aryl methyl sites for hydroxylation is 1. The predicted octanol–water partition coefficient (Wildman–Crippen LogP) is 2.92. The molecule has 22 heavy (non-hydrogen) atoms. The Bertz CT molecular complexity index is 621. The molecule has 0 spiro atoms. The highest BCUT2D eigenvalue weighted by molar-refractivity contribution is 7.99. The molecular weight excluding hydrogens is 296 g/mol. The molecule has 0 saturated heterocycles. The fraction of sp³-hybridized carbons (Fsp3) is 0.438. The number of rotatable bonds is 6. The van der Waals surface area contributed by atoms with Gasteiger partial charge in [-0.1, -0.05) is 41.6 Å². The number of hydrogen-bond donors (Lipinski definition) is 0. The molecule has 0 saturated carbocycles. The van der Waals surface area contributed by atoms with E-state index in [-0.39, 0.29) is 11.9 Å². The molecular formula is C16H22N4OS. The van der Waals surface area contributed by atoms with Gasteiger partial charge in [0.1, 0.15) is 6.33 Å². The van der Waals surface area contributed by atoms with Gasteiger partial charge in [-0.15, -0.1) is 10.2 Å². The second kappa shape index (κ2) is 7.45. The van der Waals surface area contributed by atoms with E-state index in [0.717, 1.165) is 10.7 Å². The zero-order chi connectivity index (χ0) is 16.1. The van der Waals surface area contributed by atoms with Gasteiger partial charge < -0.3 is 9.47 Å². The second-order valence-corrected chi connectivity index (χ2v) is 6.58. The molecule has 0 aliphatic heterocycles. The fourth-order valence-electron chi connectivity index (χ4n) is 1.98. The van der Waals surface area contributed by atoms with E-state index < -0.39 is 0 Å². The largest absolute Gasteiger partial charge is 0.341 e. The first-order valence-corrected chi connectivity index (χ1v) is 8.27. The maximum Gasteiger partial charge on any atom is 0.233 e. The van der Waals surface area contributed by atoms with Gasteiger partial charge in [-0.2, -0.15) is 0 Å². The molecule has 0 aliphatic rings. The Kier molecular flexibility index (Phi) is 5.60. The highest BCUT2D eigenvalue weighted by Gasteiger charge is 2.13. The monoisotopic (exact) mass is 318 g/mol. The van der Waals surface area contributed by atoms with Crippen LogP contribution in [0.2, 0.25) is 0 Å². The lowest BCUT2D eigenvalue weighted by atomic mass is 10.1. The number of hydrogen-bond acceptors (Lipinski definition) is 4. The number of thioether (sulfide) groups is 1. The summed E-state index contributed by atoms with van der Waals surface area (Å²) in [5, 5.41) is 8.76. The van der Waals surface area contributed by atoms with Crippen LogP contribution in [0.25, 0.3) is 0 Å². The minimum Gasteiger partial charge on any atom is -0.341 e. The van der Waals surface area contributed by atoms with Crippen molar-refractivity contribution in [3.05, 3.63) is 41.7 Å². The summed E-state index contributed by atoms with van der Waals surface area (Å²) in [6.45, 7) is 6.81. The van der Waals surface area contributed by atoms with E-state index in [1.807, 2.05) is 11.6 Å². The molecule has 0 radical (unpaired) electrons. The van der Waals surface area contributed by atoms with Crippen LogP contribution in [0.1, 0.15) is 31.0 Å². The number of carbonyl (C=O) groups is 1. The maximum atomic E-state index is 12.2. The molecule has 2 rings (SSSR count). The summed E-state index contributed by atoms with van der Waals surface area (Å²) in [7, 11) is 1.83. The van der Waals surface area contributed by atoms with Gasteiger partial charge in [0, 0.05) is 19.6 Å². The van der Waals surface area contributed by atoms with Crippen LogP contribution in [-0.2, 0) is 11.3 Å². The summed E-state index contributed by atoms with van der Waals surface area (Å²) in [6, 6.07) is 8.53. The van der Waals surface area contributed by atoms with Crippen molar-refractivity contribution in [3.63, 3.8) is 0 Å². The van der Waals surface area contributed by atoms with Crippen molar-refractivity contribution < 1.29 is 4.79 Å². The van der Waals surface area contributed by atoms with Gasteiger partial charge >= 0.3 is 0 Å². The number of benzene rings is 1. The molecule has 6 heteroatoms. The Hall–Kier alpha value is -1.82. The average molecular weight is 318 g/mol. The molecule has 0 fully saturated rings. The van der Waals surface area contributed by atoms with Gasteiger partial charge in [0.25, 0.3) is 0 Å². The highest BCUT2D eigenvalue weighted by atomic mass is 32.2. The van der Waals surface area contributed by atoms with Crippen LogP contribution in [0, 0.1) is 6.92 Å². The average Bonchev–Trinajstić information content (AvgIpc) is 2.95. The first kappa shape index (κ1) is 16.5. The van der Waals surface area contributed by atoms with Crippen LogP contribution in [0.15, 0.2) is 35.7 Å². The lowest BCUT2D eigenvalue weighted by molar-refractivity contribution is -0.127. The van der Waals surface area contributed by atoms with E-state index in [9.17, 15) is 4.79 Å². The van der Waals surface area contributed by atoms with Crippen LogP contribution < -0.4 is 0 Å². The minimum absolute atomic E-state index is 0.0869. The van der Waals surface area contributed by atoms with Crippen molar-refractivity contribution in [2.45, 2.75) is 38.5 Å². The molecule has 0 atom stereocenters. The van der Waals surface area contributed by atoms with Crippen LogP contribution in [0.3, 0.4) is 0 Å². The Morgan fingerprint density at radius 3 is 2.64 bits per heavy atom. The smallest absolute Gasteiger partial charge is 0.233 e. The van der Waals surface area contributed by atoms with Gasteiger partial charge in [-0.25, -0.2) is 0 Å². The van der Waals surface area contributed by atoms with Crippen LogP contribution in [0.5, 0.6) is 0 Å². The molecule has 1 amide bonds. The Morgan fingerprint density at radius 1 is 1.32 bits per heavy atom. The van der Waals surface area contributed by atoms with Crippen molar-refractivity contribution in [3.8, 4) is 0 Å². The number of amides is 1.